The van der Waals surface area contributed by atoms with E-state index in [9.17, 15) is 10.2 Å². The molecule has 154 valence electrons. The minimum atomic E-state index is -0.678. The highest BCUT2D eigenvalue weighted by molar-refractivity contribution is 5.60. The number of benzene rings is 2. The molecule has 0 radical (unpaired) electrons. The van der Waals surface area contributed by atoms with Crippen LogP contribution in [-0.2, 0) is 0 Å². The molecule has 0 aromatic heterocycles. The van der Waals surface area contributed by atoms with E-state index in [1.165, 1.54) is 0 Å². The topological polar surface area (TPSA) is 163 Å². The first-order chi connectivity index (χ1) is 13.3. The van der Waals surface area contributed by atoms with E-state index in [0.29, 0.717) is 60.1 Å². The van der Waals surface area contributed by atoms with E-state index in [-0.39, 0.29) is 13.0 Å². The molecule has 2 aromatic carbocycles. The maximum absolute atomic E-state index is 10.1. The molecule has 28 heavy (non-hydrogen) atoms. The van der Waals surface area contributed by atoms with Crippen LogP contribution in [0.15, 0.2) is 36.4 Å². The van der Waals surface area contributed by atoms with E-state index >= 15 is 0 Å². The van der Waals surface area contributed by atoms with Crippen LogP contribution in [0.3, 0.4) is 0 Å². The molecule has 0 fully saturated rings. The summed E-state index contributed by atoms with van der Waals surface area (Å²) < 4.78 is 11.1. The van der Waals surface area contributed by atoms with E-state index in [1.54, 1.807) is 36.4 Å². The molecular weight excluding hydrogens is 360 g/mol. The third-order valence-corrected chi connectivity index (χ3v) is 4.27. The first-order valence-corrected chi connectivity index (χ1v) is 9.27. The molecule has 2 rings (SSSR count). The predicted molar refractivity (Wildman–Crippen MR) is 112 cm³/mol. The Morgan fingerprint density at radius 2 is 1.21 bits per heavy atom. The van der Waals surface area contributed by atoms with Crippen molar-refractivity contribution in [2.45, 2.75) is 37.9 Å². The van der Waals surface area contributed by atoms with Gasteiger partial charge in [0.15, 0.2) is 0 Å². The zero-order valence-corrected chi connectivity index (χ0v) is 15.9. The third kappa shape index (κ3) is 7.05. The molecule has 0 amide bonds. The smallest absolute Gasteiger partial charge is 0.144 e. The average molecular weight is 390 g/mol. The molecule has 0 aliphatic carbocycles. The fraction of sp³-hybridized carbons (Fsp3) is 0.400. The van der Waals surface area contributed by atoms with Gasteiger partial charge in [0.1, 0.15) is 11.5 Å². The van der Waals surface area contributed by atoms with Crippen LogP contribution in [0.25, 0.3) is 0 Å². The monoisotopic (exact) mass is 390 g/mol. The number of hydrogen-bond acceptors (Lipinski definition) is 8. The first kappa shape index (κ1) is 21.5. The Labute approximate surface area is 165 Å². The van der Waals surface area contributed by atoms with Gasteiger partial charge in [0, 0.05) is 29.9 Å². The van der Waals surface area contributed by atoms with Crippen molar-refractivity contribution in [3.8, 4) is 11.5 Å². The van der Waals surface area contributed by atoms with E-state index in [2.05, 4.69) is 0 Å². The fourth-order valence-electron chi connectivity index (χ4n) is 2.71. The Balaban J connectivity index is 1.62. The third-order valence-electron chi connectivity index (χ3n) is 4.27. The van der Waals surface area contributed by atoms with Crippen LogP contribution in [0.5, 0.6) is 11.5 Å². The molecule has 0 aliphatic rings. The summed E-state index contributed by atoms with van der Waals surface area (Å²) in [6.45, 7) is 0.679. The van der Waals surface area contributed by atoms with E-state index in [0.717, 1.165) is 0 Å². The van der Waals surface area contributed by atoms with E-state index < -0.39 is 12.2 Å². The van der Waals surface area contributed by atoms with Gasteiger partial charge in [0.25, 0.3) is 0 Å². The molecule has 0 bridgehead atoms. The second kappa shape index (κ2) is 10.5. The van der Waals surface area contributed by atoms with Crippen LogP contribution < -0.4 is 32.4 Å². The van der Waals surface area contributed by atoms with Crippen LogP contribution in [0.2, 0.25) is 0 Å². The van der Waals surface area contributed by atoms with Crippen molar-refractivity contribution in [2.24, 2.45) is 0 Å². The summed E-state index contributed by atoms with van der Waals surface area (Å²) >= 11 is 0. The van der Waals surface area contributed by atoms with Crippen LogP contribution in [0.1, 0.15) is 25.7 Å². The molecule has 8 nitrogen and oxygen atoms in total. The summed E-state index contributed by atoms with van der Waals surface area (Å²) in [7, 11) is 0. The number of aliphatic hydroxyl groups is 2. The van der Waals surface area contributed by atoms with Crippen LogP contribution >= 0.6 is 0 Å². The lowest BCUT2D eigenvalue weighted by Crippen LogP contribution is -2.20. The van der Waals surface area contributed by atoms with Crippen molar-refractivity contribution in [3.05, 3.63) is 36.4 Å². The van der Waals surface area contributed by atoms with Gasteiger partial charge in [0.05, 0.1) is 36.8 Å². The Morgan fingerprint density at radius 3 is 1.79 bits per heavy atom. The summed E-state index contributed by atoms with van der Waals surface area (Å²) in [5.41, 5.74) is 25.2. The van der Waals surface area contributed by atoms with Gasteiger partial charge in [0.2, 0.25) is 0 Å². The Kier molecular flexibility index (Phi) is 8.03. The molecule has 10 N–H and O–H groups in total. The molecule has 0 saturated heterocycles. The predicted octanol–water partition coefficient (Wildman–Crippen LogP) is 1.76. The van der Waals surface area contributed by atoms with Crippen LogP contribution in [0.4, 0.5) is 22.7 Å². The lowest BCUT2D eigenvalue weighted by atomic mass is 10.1. The Morgan fingerprint density at radius 1 is 0.714 bits per heavy atom. The minimum absolute atomic E-state index is 0.260. The lowest BCUT2D eigenvalue weighted by Gasteiger charge is -2.17. The van der Waals surface area contributed by atoms with E-state index in [1.807, 2.05) is 0 Å². The van der Waals surface area contributed by atoms with Gasteiger partial charge in [-0.2, -0.15) is 0 Å². The molecule has 0 aliphatic heterocycles. The van der Waals surface area contributed by atoms with Crippen molar-refractivity contribution in [1.82, 2.24) is 0 Å². The lowest BCUT2D eigenvalue weighted by molar-refractivity contribution is 0.0596. The van der Waals surface area contributed by atoms with Gasteiger partial charge >= 0.3 is 0 Å². The molecule has 0 saturated carbocycles. The molecule has 0 heterocycles. The maximum Gasteiger partial charge on any atom is 0.144 e. The molecule has 0 spiro atoms. The highest BCUT2D eigenvalue weighted by Gasteiger charge is 2.13. The SMILES string of the molecule is Nc1ccc(N)c(OCCCC(O)CC(O)CCOc2cc(N)ccc2N)c1. The number of hydrogen-bond donors (Lipinski definition) is 6. The minimum Gasteiger partial charge on any atom is -0.491 e. The molecule has 2 atom stereocenters. The Hall–Kier alpha value is -2.84. The van der Waals surface area contributed by atoms with Gasteiger partial charge in [-0.3, -0.25) is 0 Å². The largest absolute Gasteiger partial charge is 0.491 e. The number of ether oxygens (including phenoxy) is 2. The Bertz CT molecular complexity index is 757. The standard InChI is InChI=1S/C20H30N4O4/c21-13-3-5-17(23)19(10-13)27-8-1-2-15(25)12-16(26)7-9-28-20-11-14(22)4-6-18(20)24/h3-6,10-11,15-16,25-26H,1-2,7-9,12,21-24H2. The molecule has 8 heteroatoms. The second-order valence-corrected chi connectivity index (χ2v) is 6.77. The first-order valence-electron chi connectivity index (χ1n) is 9.27. The summed E-state index contributed by atoms with van der Waals surface area (Å²) in [6.07, 6.45) is 0.454. The number of rotatable bonds is 11. The summed E-state index contributed by atoms with van der Waals surface area (Å²) in [6, 6.07) is 10.1. The van der Waals surface area contributed by atoms with Gasteiger partial charge in [-0.25, -0.2) is 0 Å². The summed E-state index contributed by atoms with van der Waals surface area (Å²) in [4.78, 5) is 0. The van der Waals surface area contributed by atoms with Crippen molar-refractivity contribution in [3.63, 3.8) is 0 Å². The zero-order chi connectivity index (χ0) is 20.5. The quantitative estimate of drug-likeness (QED) is 0.250. The maximum atomic E-state index is 10.1. The second-order valence-electron chi connectivity index (χ2n) is 6.77. The van der Waals surface area contributed by atoms with Gasteiger partial charge in [-0.15, -0.1) is 0 Å². The van der Waals surface area contributed by atoms with E-state index in [4.69, 9.17) is 32.4 Å². The number of aliphatic hydroxyl groups excluding tert-OH is 2. The summed E-state index contributed by atoms with van der Waals surface area (Å²) in [5.74, 6) is 1.03. The number of nitrogens with two attached hydrogens (primary N) is 4. The number of nitrogen functional groups attached to an aromatic ring is 4. The van der Waals surface area contributed by atoms with Crippen molar-refractivity contribution in [1.29, 1.82) is 0 Å². The highest BCUT2D eigenvalue weighted by atomic mass is 16.5. The van der Waals surface area contributed by atoms with Crippen molar-refractivity contribution >= 4 is 22.7 Å². The zero-order valence-electron chi connectivity index (χ0n) is 15.9. The van der Waals surface area contributed by atoms with Crippen molar-refractivity contribution in [2.75, 3.05) is 36.1 Å². The summed E-state index contributed by atoms with van der Waals surface area (Å²) in [5, 5.41) is 20.1. The van der Waals surface area contributed by atoms with Gasteiger partial charge in [-0.1, -0.05) is 0 Å². The molecule has 2 unspecified atom stereocenters. The van der Waals surface area contributed by atoms with Crippen molar-refractivity contribution < 1.29 is 19.7 Å². The molecule has 2 aromatic rings. The fourth-order valence-corrected chi connectivity index (χ4v) is 2.71. The molecular formula is C20H30N4O4. The average Bonchev–Trinajstić information content (AvgIpc) is 2.64. The van der Waals surface area contributed by atoms with Crippen LogP contribution in [0, 0.1) is 0 Å². The highest BCUT2D eigenvalue weighted by Crippen LogP contribution is 2.25. The number of anilines is 4. The normalized spacial score (nSPS) is 13.1. The van der Waals surface area contributed by atoms with Crippen LogP contribution in [-0.4, -0.2) is 35.6 Å². The van der Waals surface area contributed by atoms with Gasteiger partial charge in [-0.05, 0) is 43.5 Å². The van der Waals surface area contributed by atoms with Gasteiger partial charge < -0.3 is 42.6 Å².